The van der Waals surface area contributed by atoms with Crippen LogP contribution < -0.4 is 4.90 Å². The highest BCUT2D eigenvalue weighted by atomic mass is 32.2. The van der Waals surface area contributed by atoms with Gasteiger partial charge in [0.1, 0.15) is 5.82 Å². The summed E-state index contributed by atoms with van der Waals surface area (Å²) in [5.74, 6) is 1.43. The monoisotopic (exact) mass is 398 g/mol. The van der Waals surface area contributed by atoms with E-state index in [2.05, 4.69) is 14.8 Å². The molecule has 0 radical (unpaired) electrons. The molecule has 148 valence electrons. The fourth-order valence-corrected chi connectivity index (χ4v) is 5.14. The van der Waals surface area contributed by atoms with Crippen molar-refractivity contribution in [1.82, 2.24) is 14.8 Å². The molecule has 1 aromatic carbocycles. The van der Waals surface area contributed by atoms with Gasteiger partial charge in [-0.25, -0.2) is 0 Å². The molecule has 1 saturated carbocycles. The zero-order chi connectivity index (χ0) is 19.5. The molecule has 0 bridgehead atoms. The number of carbonyl (C=O) groups excluding carboxylic acids is 2. The Hall–Kier alpha value is -2.15. The Labute approximate surface area is 169 Å². The first-order chi connectivity index (χ1) is 13.6. The van der Waals surface area contributed by atoms with Crippen molar-refractivity contribution in [3.8, 4) is 0 Å². The number of amides is 1. The molecule has 2 aromatic rings. The number of hydrogen-bond acceptors (Lipinski definition) is 5. The highest BCUT2D eigenvalue weighted by Crippen LogP contribution is 2.32. The maximum Gasteiger partial charge on any atom is 0.227 e. The lowest BCUT2D eigenvalue weighted by Gasteiger charge is -2.24. The Bertz CT molecular complexity index is 873. The highest BCUT2D eigenvalue weighted by Gasteiger charge is 2.24. The number of aromatic nitrogens is 3. The van der Waals surface area contributed by atoms with Crippen molar-refractivity contribution in [1.29, 1.82) is 0 Å². The van der Waals surface area contributed by atoms with Crippen LogP contribution in [0.15, 0.2) is 29.4 Å². The predicted octanol–water partition coefficient (Wildman–Crippen LogP) is 4.19. The van der Waals surface area contributed by atoms with Gasteiger partial charge < -0.3 is 9.47 Å². The predicted molar refractivity (Wildman–Crippen MR) is 110 cm³/mol. The zero-order valence-corrected chi connectivity index (χ0v) is 17.1. The minimum atomic E-state index is 0.0503. The molecule has 0 N–H and O–H groups in total. The van der Waals surface area contributed by atoms with Crippen LogP contribution >= 0.6 is 11.8 Å². The number of Topliss-reactive ketones (excluding diaryl/α,β-unsaturated/α-hetero) is 1. The third-order valence-electron chi connectivity index (χ3n) is 5.66. The highest BCUT2D eigenvalue weighted by molar-refractivity contribution is 7.99. The van der Waals surface area contributed by atoms with Gasteiger partial charge in [-0.3, -0.25) is 9.59 Å². The average molecular weight is 399 g/mol. The molecule has 1 aromatic heterocycles. The second-order valence-electron chi connectivity index (χ2n) is 7.60. The molecule has 2 fully saturated rings. The van der Waals surface area contributed by atoms with E-state index in [-0.39, 0.29) is 11.7 Å². The largest absolute Gasteiger partial charge is 0.312 e. The number of hydrogen-bond donors (Lipinski definition) is 0. The van der Waals surface area contributed by atoms with E-state index in [1.165, 1.54) is 31.0 Å². The maximum atomic E-state index is 12.8. The van der Waals surface area contributed by atoms with Gasteiger partial charge in [-0.2, -0.15) is 0 Å². The number of carbonyl (C=O) groups is 2. The van der Waals surface area contributed by atoms with Gasteiger partial charge in [-0.15, -0.1) is 10.2 Å². The topological polar surface area (TPSA) is 68.1 Å². The Balaban J connectivity index is 1.45. The van der Waals surface area contributed by atoms with E-state index >= 15 is 0 Å². The molecule has 2 aliphatic rings. The number of nitrogens with zero attached hydrogens (tertiary/aromatic N) is 4. The average Bonchev–Trinajstić information content (AvgIpc) is 3.32. The Morgan fingerprint density at radius 2 is 2.00 bits per heavy atom. The van der Waals surface area contributed by atoms with Gasteiger partial charge in [0.2, 0.25) is 5.91 Å². The summed E-state index contributed by atoms with van der Waals surface area (Å²) < 4.78 is 2.22. The van der Waals surface area contributed by atoms with Crippen LogP contribution in [0.2, 0.25) is 0 Å². The molecule has 1 saturated heterocycles. The molecule has 4 rings (SSSR count). The van der Waals surface area contributed by atoms with Gasteiger partial charge in [-0.05, 0) is 38.3 Å². The van der Waals surface area contributed by atoms with E-state index in [0.717, 1.165) is 42.5 Å². The molecule has 7 heteroatoms. The molecule has 0 spiro atoms. The Morgan fingerprint density at radius 3 is 2.75 bits per heavy atom. The van der Waals surface area contributed by atoms with Crippen molar-refractivity contribution < 1.29 is 9.59 Å². The van der Waals surface area contributed by atoms with E-state index in [0.29, 0.717) is 23.8 Å². The van der Waals surface area contributed by atoms with E-state index in [1.807, 2.05) is 31.2 Å². The van der Waals surface area contributed by atoms with Gasteiger partial charge in [0.15, 0.2) is 10.9 Å². The van der Waals surface area contributed by atoms with E-state index in [9.17, 15) is 9.59 Å². The first-order valence-corrected chi connectivity index (χ1v) is 11.1. The number of anilines is 1. The first kappa shape index (κ1) is 19.2. The molecule has 28 heavy (non-hydrogen) atoms. The third kappa shape index (κ3) is 3.99. The summed E-state index contributed by atoms with van der Waals surface area (Å²) in [5, 5.41) is 9.41. The summed E-state index contributed by atoms with van der Waals surface area (Å²) in [4.78, 5) is 26.5. The standard InChI is InChI=1S/C21H26N4O2S/c1-15-22-23-21(25(15)17-8-3-2-4-9-17)28-14-19(26)16-7-5-10-18(13-16)24-12-6-11-20(24)27/h5,7,10,13,17H,2-4,6,8-9,11-12,14H2,1H3. The van der Waals surface area contributed by atoms with Crippen molar-refractivity contribution in [2.24, 2.45) is 0 Å². The number of aryl methyl sites for hydroxylation is 1. The van der Waals surface area contributed by atoms with Gasteiger partial charge in [0, 0.05) is 30.3 Å². The minimum absolute atomic E-state index is 0.0503. The molecule has 0 unspecified atom stereocenters. The van der Waals surface area contributed by atoms with E-state index < -0.39 is 0 Å². The lowest BCUT2D eigenvalue weighted by molar-refractivity contribution is -0.117. The maximum absolute atomic E-state index is 12.8. The Morgan fingerprint density at radius 1 is 1.18 bits per heavy atom. The molecule has 0 atom stereocenters. The van der Waals surface area contributed by atoms with Crippen LogP contribution in [0.5, 0.6) is 0 Å². The summed E-state index contributed by atoms with van der Waals surface area (Å²) in [7, 11) is 0. The molecule has 1 aliphatic carbocycles. The molecule has 1 amide bonds. The van der Waals surface area contributed by atoms with E-state index in [1.54, 1.807) is 4.90 Å². The molecule has 2 heterocycles. The third-order valence-corrected chi connectivity index (χ3v) is 6.60. The second kappa shape index (κ2) is 8.47. The fraction of sp³-hybridized carbons (Fsp3) is 0.524. The Kier molecular flexibility index (Phi) is 5.80. The number of ketones is 1. The lowest BCUT2D eigenvalue weighted by Crippen LogP contribution is -2.23. The van der Waals surface area contributed by atoms with Crippen LogP contribution in [0.3, 0.4) is 0 Å². The first-order valence-electron chi connectivity index (χ1n) is 10.1. The smallest absolute Gasteiger partial charge is 0.227 e. The van der Waals surface area contributed by atoms with E-state index in [4.69, 9.17) is 0 Å². The van der Waals surface area contributed by atoms with Gasteiger partial charge in [0.25, 0.3) is 0 Å². The lowest BCUT2D eigenvalue weighted by atomic mass is 9.95. The molecule has 6 nitrogen and oxygen atoms in total. The number of rotatable bonds is 6. The molecular weight excluding hydrogens is 372 g/mol. The minimum Gasteiger partial charge on any atom is -0.312 e. The summed E-state index contributed by atoms with van der Waals surface area (Å²) in [6.45, 7) is 2.72. The SMILES string of the molecule is Cc1nnc(SCC(=O)c2cccc(N3CCCC3=O)c2)n1C1CCCCC1. The van der Waals surface area contributed by atoms with Crippen LogP contribution in [-0.4, -0.2) is 38.8 Å². The van der Waals surface area contributed by atoms with Crippen LogP contribution in [0, 0.1) is 6.92 Å². The van der Waals surface area contributed by atoms with Crippen LogP contribution in [0.4, 0.5) is 5.69 Å². The number of benzene rings is 1. The van der Waals surface area contributed by atoms with Gasteiger partial charge in [-0.1, -0.05) is 43.2 Å². The summed E-state index contributed by atoms with van der Waals surface area (Å²) in [6.07, 6.45) is 7.57. The van der Waals surface area contributed by atoms with Gasteiger partial charge in [0.05, 0.1) is 5.75 Å². The normalized spacial score (nSPS) is 18.0. The summed E-state index contributed by atoms with van der Waals surface area (Å²) in [5.41, 5.74) is 1.46. The molecule has 1 aliphatic heterocycles. The summed E-state index contributed by atoms with van der Waals surface area (Å²) >= 11 is 1.46. The van der Waals surface area contributed by atoms with Crippen LogP contribution in [-0.2, 0) is 4.79 Å². The van der Waals surface area contributed by atoms with Crippen molar-refractivity contribution >= 4 is 29.1 Å². The second-order valence-corrected chi connectivity index (χ2v) is 8.55. The van der Waals surface area contributed by atoms with Crippen LogP contribution in [0.25, 0.3) is 0 Å². The molecular formula is C21H26N4O2S. The van der Waals surface area contributed by atoms with Crippen molar-refractivity contribution in [2.75, 3.05) is 17.2 Å². The quantitative estimate of drug-likeness (QED) is 0.539. The fourth-order valence-electron chi connectivity index (χ4n) is 4.19. The van der Waals surface area contributed by atoms with Gasteiger partial charge >= 0.3 is 0 Å². The van der Waals surface area contributed by atoms with Crippen molar-refractivity contribution in [3.63, 3.8) is 0 Å². The number of thioether (sulfide) groups is 1. The van der Waals surface area contributed by atoms with Crippen molar-refractivity contribution in [2.45, 2.75) is 63.1 Å². The van der Waals surface area contributed by atoms with Crippen LogP contribution in [0.1, 0.15) is 67.2 Å². The summed E-state index contributed by atoms with van der Waals surface area (Å²) in [6, 6.07) is 7.86. The van der Waals surface area contributed by atoms with Crippen molar-refractivity contribution in [3.05, 3.63) is 35.7 Å². The zero-order valence-electron chi connectivity index (χ0n) is 16.3.